The first kappa shape index (κ1) is 31.4. The van der Waals surface area contributed by atoms with Gasteiger partial charge in [0.25, 0.3) is 0 Å². The predicted octanol–water partition coefficient (Wildman–Crippen LogP) is -6.29. The van der Waals surface area contributed by atoms with E-state index in [4.69, 9.17) is 30.4 Å². The van der Waals surface area contributed by atoms with Crippen LogP contribution in [-0.4, -0.2) is 151 Å². The van der Waals surface area contributed by atoms with Crippen LogP contribution in [0.15, 0.2) is 0 Å². The minimum Gasteiger partial charge on any atom is -0.462 e. The maximum Gasteiger partial charge on any atom is 0.323 e. The summed E-state index contributed by atoms with van der Waals surface area (Å²) < 4.78 is 19.6. The molecule has 0 aliphatic carbocycles. The molecule has 16 nitrogen and oxygen atoms in total. The quantitative estimate of drug-likeness (QED) is 0.0634. The molecule has 12 unspecified atom stereocenters. The lowest BCUT2D eigenvalue weighted by Gasteiger charge is -2.38. The number of hydrogen-bond acceptors (Lipinski definition) is 18. The van der Waals surface area contributed by atoms with Crippen molar-refractivity contribution in [2.45, 2.75) is 73.5 Å². The number of aliphatic hydroxyl groups is 8. The average Bonchev–Trinajstić information content (AvgIpc) is 2.85. The summed E-state index contributed by atoms with van der Waals surface area (Å²) >= 11 is 0. The molecule has 12 N–H and O–H groups in total. The lowest BCUT2D eigenvalue weighted by atomic mass is 9.99. The zero-order chi connectivity index (χ0) is 27.2. The van der Waals surface area contributed by atoms with Crippen molar-refractivity contribution in [3.8, 4) is 0 Å². The predicted molar refractivity (Wildman–Crippen MR) is 121 cm³/mol. The standard InChI is InChI=1S/C18H32N2O14S2/c19-5(15(27)31-1-7-9(21)11(23)13(25)17(29)33-7)3-35-36-4-6(20)16(28)32-2-8-10(22)12(24)14(26)18(30)34-8/h5-14,17-18,21-26,29-30H,1-4,19-20H2. The van der Waals surface area contributed by atoms with Crippen molar-refractivity contribution in [3.63, 3.8) is 0 Å². The molecule has 210 valence electrons. The Morgan fingerprint density at radius 2 is 0.972 bits per heavy atom. The maximum absolute atomic E-state index is 12.0. The van der Waals surface area contributed by atoms with Gasteiger partial charge in [-0.05, 0) is 0 Å². The fourth-order valence-electron chi connectivity index (χ4n) is 3.06. The molecule has 0 bridgehead atoms. The molecule has 2 fully saturated rings. The number of aliphatic hydroxyl groups excluding tert-OH is 8. The molecule has 0 saturated carbocycles. The summed E-state index contributed by atoms with van der Waals surface area (Å²) in [7, 11) is 2.19. The van der Waals surface area contributed by atoms with Gasteiger partial charge in [-0.15, -0.1) is 0 Å². The number of nitrogens with two attached hydrogens (primary N) is 2. The number of ether oxygens (including phenoxy) is 4. The van der Waals surface area contributed by atoms with Crippen LogP contribution in [0.5, 0.6) is 0 Å². The Morgan fingerprint density at radius 3 is 1.31 bits per heavy atom. The average molecular weight is 565 g/mol. The van der Waals surface area contributed by atoms with Gasteiger partial charge in [0.1, 0.15) is 74.1 Å². The van der Waals surface area contributed by atoms with Crippen molar-refractivity contribution in [2.75, 3.05) is 24.7 Å². The fourth-order valence-corrected chi connectivity index (χ4v) is 5.27. The monoisotopic (exact) mass is 564 g/mol. The highest BCUT2D eigenvalue weighted by molar-refractivity contribution is 8.76. The second-order valence-electron chi connectivity index (χ2n) is 8.12. The van der Waals surface area contributed by atoms with Crippen LogP contribution >= 0.6 is 21.6 Å². The molecule has 36 heavy (non-hydrogen) atoms. The third-order valence-corrected chi connectivity index (χ3v) is 7.81. The Balaban J connectivity index is 1.63. The van der Waals surface area contributed by atoms with Gasteiger partial charge in [-0.1, -0.05) is 21.6 Å². The van der Waals surface area contributed by atoms with Crippen LogP contribution < -0.4 is 11.5 Å². The van der Waals surface area contributed by atoms with Crippen molar-refractivity contribution in [1.82, 2.24) is 0 Å². The second kappa shape index (κ2) is 14.4. The number of hydrogen-bond donors (Lipinski definition) is 10. The van der Waals surface area contributed by atoms with Gasteiger partial charge in [-0.3, -0.25) is 9.59 Å². The lowest BCUT2D eigenvalue weighted by Crippen LogP contribution is -2.58. The van der Waals surface area contributed by atoms with E-state index in [1.54, 1.807) is 0 Å². The van der Waals surface area contributed by atoms with Gasteiger partial charge in [-0.25, -0.2) is 0 Å². The Bertz CT molecular complexity index is 667. The summed E-state index contributed by atoms with van der Waals surface area (Å²) in [5.41, 5.74) is 11.5. The third kappa shape index (κ3) is 8.33. The van der Waals surface area contributed by atoms with Crippen molar-refractivity contribution >= 4 is 33.5 Å². The van der Waals surface area contributed by atoms with Gasteiger partial charge >= 0.3 is 11.9 Å². The van der Waals surface area contributed by atoms with Crippen LogP contribution in [-0.2, 0) is 28.5 Å². The minimum atomic E-state index is -1.77. The molecule has 0 amide bonds. The van der Waals surface area contributed by atoms with Crippen molar-refractivity contribution in [1.29, 1.82) is 0 Å². The van der Waals surface area contributed by atoms with Crippen LogP contribution in [0.2, 0.25) is 0 Å². The van der Waals surface area contributed by atoms with Gasteiger partial charge in [0.2, 0.25) is 0 Å². The molecule has 2 saturated heterocycles. The van der Waals surface area contributed by atoms with Crippen LogP contribution in [0, 0.1) is 0 Å². The SMILES string of the molecule is NC(CSSCC(N)C(=O)OCC1OC(O)C(O)C(O)C1O)C(=O)OCC1OC(O)C(O)C(O)C1O. The zero-order valence-electron chi connectivity index (χ0n) is 18.8. The molecule has 2 aliphatic heterocycles. The summed E-state index contributed by atoms with van der Waals surface area (Å²) in [5.74, 6) is -1.64. The molecular formula is C18H32N2O14S2. The Morgan fingerprint density at radius 1 is 0.639 bits per heavy atom. The summed E-state index contributed by atoms with van der Waals surface area (Å²) in [6.07, 6.45) is -16.1. The molecule has 18 heteroatoms. The molecule has 0 aromatic rings. The second-order valence-corrected chi connectivity index (χ2v) is 10.7. The van der Waals surface area contributed by atoms with Crippen LogP contribution in [0.4, 0.5) is 0 Å². The molecule has 12 atom stereocenters. The van der Waals surface area contributed by atoms with E-state index in [-0.39, 0.29) is 11.5 Å². The number of carbonyl (C=O) groups is 2. The Hall–Kier alpha value is -0.840. The molecule has 2 rings (SSSR count). The Kier molecular flexibility index (Phi) is 12.5. The maximum atomic E-state index is 12.0. The van der Waals surface area contributed by atoms with Crippen molar-refractivity contribution in [3.05, 3.63) is 0 Å². The zero-order valence-corrected chi connectivity index (χ0v) is 20.4. The highest BCUT2D eigenvalue weighted by Crippen LogP contribution is 2.24. The molecule has 2 aliphatic rings. The smallest absolute Gasteiger partial charge is 0.323 e. The van der Waals surface area contributed by atoms with E-state index in [1.165, 1.54) is 0 Å². The van der Waals surface area contributed by atoms with Gasteiger partial charge in [0.15, 0.2) is 12.6 Å². The normalized spacial score (nSPS) is 38.7. The summed E-state index contributed by atoms with van der Waals surface area (Å²) in [5, 5.41) is 76.7. The topological polar surface area (TPSA) is 285 Å². The fraction of sp³-hybridized carbons (Fsp3) is 0.889. The third-order valence-electron chi connectivity index (χ3n) is 5.34. The number of rotatable bonds is 11. The van der Waals surface area contributed by atoms with Crippen molar-refractivity contribution < 1.29 is 69.4 Å². The number of esters is 2. The van der Waals surface area contributed by atoms with E-state index in [1.807, 2.05) is 0 Å². The van der Waals surface area contributed by atoms with E-state index >= 15 is 0 Å². The van der Waals surface area contributed by atoms with E-state index in [2.05, 4.69) is 0 Å². The van der Waals surface area contributed by atoms with E-state index in [0.29, 0.717) is 0 Å². The molecular weight excluding hydrogens is 532 g/mol. The first-order valence-corrected chi connectivity index (χ1v) is 13.2. The van der Waals surface area contributed by atoms with Crippen LogP contribution in [0.25, 0.3) is 0 Å². The van der Waals surface area contributed by atoms with E-state index < -0.39 is 98.6 Å². The van der Waals surface area contributed by atoms with Crippen LogP contribution in [0.1, 0.15) is 0 Å². The minimum absolute atomic E-state index is 0.0452. The first-order chi connectivity index (χ1) is 16.8. The summed E-state index contributed by atoms with van der Waals surface area (Å²) in [6.45, 7) is -1.06. The summed E-state index contributed by atoms with van der Waals surface area (Å²) in [6, 6.07) is -2.21. The largest absolute Gasteiger partial charge is 0.462 e. The molecule has 0 radical (unpaired) electrons. The van der Waals surface area contributed by atoms with E-state index in [9.17, 15) is 50.4 Å². The number of carbonyl (C=O) groups excluding carboxylic acids is 2. The molecule has 0 aromatic heterocycles. The molecule has 2 heterocycles. The van der Waals surface area contributed by atoms with Gasteiger partial charge in [0.05, 0.1) is 0 Å². The summed E-state index contributed by atoms with van der Waals surface area (Å²) in [4.78, 5) is 24.0. The van der Waals surface area contributed by atoms with Gasteiger partial charge in [-0.2, -0.15) is 0 Å². The van der Waals surface area contributed by atoms with E-state index in [0.717, 1.165) is 21.6 Å². The Labute approximate surface area is 212 Å². The lowest BCUT2D eigenvalue weighted by molar-refractivity contribution is -0.287. The molecule has 0 aromatic carbocycles. The van der Waals surface area contributed by atoms with Gasteiger partial charge < -0.3 is 71.3 Å². The highest BCUT2D eigenvalue weighted by Gasteiger charge is 2.44. The first-order valence-electron chi connectivity index (χ1n) is 10.7. The highest BCUT2D eigenvalue weighted by atomic mass is 33.1. The van der Waals surface area contributed by atoms with Crippen molar-refractivity contribution in [2.24, 2.45) is 11.5 Å². The van der Waals surface area contributed by atoms with Gasteiger partial charge in [0, 0.05) is 11.5 Å². The molecule has 0 spiro atoms. The van der Waals surface area contributed by atoms with Crippen LogP contribution in [0.3, 0.4) is 0 Å².